The minimum atomic E-state index is -0.143. The van der Waals surface area contributed by atoms with Gasteiger partial charge in [0.1, 0.15) is 0 Å². The van der Waals surface area contributed by atoms with Crippen molar-refractivity contribution in [1.29, 1.82) is 5.26 Å². The van der Waals surface area contributed by atoms with Crippen molar-refractivity contribution in [2.45, 2.75) is 33.1 Å². The van der Waals surface area contributed by atoms with E-state index in [9.17, 15) is 4.79 Å². The fraction of sp³-hybridized carbons (Fsp3) is 0.278. The number of hydrogen-bond acceptors (Lipinski definition) is 4. The van der Waals surface area contributed by atoms with Crippen molar-refractivity contribution in [2.24, 2.45) is 0 Å². The molecule has 0 unspecified atom stereocenters. The topological polar surface area (TPSA) is 66.3 Å². The zero-order chi connectivity index (χ0) is 17.1. The standard InChI is InChI=1S/C18H19N5O/c1-14(2)21(12-16-8-6-15(11-19)7-9-16)13-23-18(24)22-10-4-3-5-17(22)20-23/h3-10,14H,12-13H2,1-2H3. The third-order valence-corrected chi connectivity index (χ3v) is 4.00. The van der Waals surface area contributed by atoms with E-state index in [-0.39, 0.29) is 11.7 Å². The molecule has 2 aromatic heterocycles. The molecule has 3 aromatic rings. The minimum Gasteiger partial charge on any atom is -0.277 e. The second-order valence-corrected chi connectivity index (χ2v) is 6.00. The third kappa shape index (κ3) is 3.21. The SMILES string of the molecule is CC(C)N(Cc1ccc(C#N)cc1)Cn1nc2ccccn2c1=O. The van der Waals surface area contributed by atoms with Crippen LogP contribution in [0.25, 0.3) is 5.65 Å². The maximum absolute atomic E-state index is 12.4. The van der Waals surface area contributed by atoms with Crippen LogP contribution in [0.3, 0.4) is 0 Å². The van der Waals surface area contributed by atoms with Gasteiger partial charge in [0.05, 0.1) is 18.3 Å². The molecule has 0 spiro atoms. The van der Waals surface area contributed by atoms with E-state index in [0.29, 0.717) is 24.4 Å². The van der Waals surface area contributed by atoms with Gasteiger partial charge in [0.25, 0.3) is 0 Å². The highest BCUT2D eigenvalue weighted by Crippen LogP contribution is 2.10. The first-order chi connectivity index (χ1) is 11.6. The summed E-state index contributed by atoms with van der Waals surface area (Å²) in [4.78, 5) is 14.6. The van der Waals surface area contributed by atoms with Crippen molar-refractivity contribution in [3.63, 3.8) is 0 Å². The highest BCUT2D eigenvalue weighted by molar-refractivity contribution is 5.35. The molecule has 0 aliphatic heterocycles. The normalized spacial score (nSPS) is 11.3. The summed E-state index contributed by atoms with van der Waals surface area (Å²) in [5.41, 5.74) is 2.24. The molecular formula is C18H19N5O. The fourth-order valence-electron chi connectivity index (χ4n) is 2.55. The molecule has 0 N–H and O–H groups in total. The monoisotopic (exact) mass is 321 g/mol. The molecule has 0 aliphatic carbocycles. The molecule has 0 saturated heterocycles. The zero-order valence-electron chi connectivity index (χ0n) is 13.8. The molecule has 0 amide bonds. The van der Waals surface area contributed by atoms with Crippen LogP contribution in [0.5, 0.6) is 0 Å². The van der Waals surface area contributed by atoms with Gasteiger partial charge >= 0.3 is 5.69 Å². The molecule has 3 rings (SSSR count). The van der Waals surface area contributed by atoms with E-state index in [1.165, 1.54) is 4.68 Å². The van der Waals surface area contributed by atoms with Gasteiger partial charge in [-0.25, -0.2) is 4.79 Å². The van der Waals surface area contributed by atoms with Crippen molar-refractivity contribution in [3.8, 4) is 6.07 Å². The molecule has 24 heavy (non-hydrogen) atoms. The van der Waals surface area contributed by atoms with Crippen molar-refractivity contribution in [1.82, 2.24) is 19.1 Å². The number of hydrogen-bond donors (Lipinski definition) is 0. The maximum atomic E-state index is 12.4. The predicted octanol–water partition coefficient (Wildman–Crippen LogP) is 2.24. The number of rotatable bonds is 5. The Hall–Kier alpha value is -2.91. The van der Waals surface area contributed by atoms with E-state index in [4.69, 9.17) is 5.26 Å². The number of nitriles is 1. The van der Waals surface area contributed by atoms with Gasteiger partial charge in [0.15, 0.2) is 5.65 Å². The van der Waals surface area contributed by atoms with Crippen molar-refractivity contribution in [3.05, 3.63) is 70.3 Å². The van der Waals surface area contributed by atoms with Gasteiger partial charge in [-0.3, -0.25) is 9.30 Å². The van der Waals surface area contributed by atoms with Crippen LogP contribution in [0.4, 0.5) is 0 Å². The summed E-state index contributed by atoms with van der Waals surface area (Å²) in [6, 6.07) is 15.4. The Balaban J connectivity index is 1.84. The van der Waals surface area contributed by atoms with Gasteiger partial charge in [-0.1, -0.05) is 18.2 Å². The summed E-state index contributed by atoms with van der Waals surface area (Å²) in [5.74, 6) is 0. The van der Waals surface area contributed by atoms with Gasteiger partial charge in [-0.05, 0) is 43.7 Å². The lowest BCUT2D eigenvalue weighted by atomic mass is 10.1. The second-order valence-electron chi connectivity index (χ2n) is 6.00. The molecule has 6 nitrogen and oxygen atoms in total. The summed E-state index contributed by atoms with van der Waals surface area (Å²) < 4.78 is 3.03. The molecule has 0 atom stereocenters. The molecule has 2 heterocycles. The summed E-state index contributed by atoms with van der Waals surface area (Å²) in [5, 5.41) is 13.3. The predicted molar refractivity (Wildman–Crippen MR) is 91.3 cm³/mol. The van der Waals surface area contributed by atoms with Crippen LogP contribution in [0, 0.1) is 11.3 Å². The van der Waals surface area contributed by atoms with Gasteiger partial charge in [-0.2, -0.15) is 9.94 Å². The van der Waals surface area contributed by atoms with Crippen molar-refractivity contribution >= 4 is 5.65 Å². The number of aromatic nitrogens is 3. The number of benzene rings is 1. The lowest BCUT2D eigenvalue weighted by Gasteiger charge is -2.25. The average molecular weight is 321 g/mol. The van der Waals surface area contributed by atoms with Crippen LogP contribution in [-0.2, 0) is 13.2 Å². The van der Waals surface area contributed by atoms with Crippen LogP contribution in [0.2, 0.25) is 0 Å². The van der Waals surface area contributed by atoms with Gasteiger partial charge < -0.3 is 0 Å². The number of pyridine rings is 1. The Kier molecular flexibility index (Phi) is 4.45. The van der Waals surface area contributed by atoms with E-state index in [1.807, 2.05) is 42.5 Å². The van der Waals surface area contributed by atoms with Gasteiger partial charge in [0.2, 0.25) is 0 Å². The molecule has 0 bridgehead atoms. The zero-order valence-corrected chi connectivity index (χ0v) is 13.8. The smallest absolute Gasteiger partial charge is 0.277 e. The summed E-state index contributed by atoms with van der Waals surface area (Å²) in [6.07, 6.45) is 1.72. The van der Waals surface area contributed by atoms with E-state index in [2.05, 4.69) is 29.9 Å². The largest absolute Gasteiger partial charge is 0.351 e. The Morgan fingerprint density at radius 1 is 1.21 bits per heavy atom. The Bertz CT molecular complexity index is 930. The van der Waals surface area contributed by atoms with Crippen LogP contribution < -0.4 is 5.69 Å². The highest BCUT2D eigenvalue weighted by atomic mass is 16.2. The minimum absolute atomic E-state index is 0.143. The quantitative estimate of drug-likeness (QED) is 0.723. The molecule has 0 saturated carbocycles. The Labute approximate surface area is 140 Å². The third-order valence-electron chi connectivity index (χ3n) is 4.00. The summed E-state index contributed by atoms with van der Waals surface area (Å²) >= 11 is 0. The first-order valence-electron chi connectivity index (χ1n) is 7.86. The molecule has 0 aliphatic rings. The Morgan fingerprint density at radius 2 is 1.96 bits per heavy atom. The van der Waals surface area contributed by atoms with Crippen LogP contribution >= 0.6 is 0 Å². The fourth-order valence-corrected chi connectivity index (χ4v) is 2.55. The highest BCUT2D eigenvalue weighted by Gasteiger charge is 2.14. The van der Waals surface area contributed by atoms with Gasteiger partial charge in [0, 0.05) is 18.8 Å². The molecular weight excluding hydrogens is 302 g/mol. The first-order valence-corrected chi connectivity index (χ1v) is 7.86. The molecule has 1 aromatic carbocycles. The van der Waals surface area contributed by atoms with Crippen LogP contribution in [0.15, 0.2) is 53.5 Å². The summed E-state index contributed by atoms with van der Waals surface area (Å²) in [7, 11) is 0. The number of nitrogens with zero attached hydrogens (tertiary/aromatic N) is 5. The lowest BCUT2D eigenvalue weighted by Crippen LogP contribution is -2.36. The molecule has 0 radical (unpaired) electrons. The molecule has 0 fully saturated rings. The van der Waals surface area contributed by atoms with Crippen LogP contribution in [-0.4, -0.2) is 25.1 Å². The van der Waals surface area contributed by atoms with E-state index in [0.717, 1.165) is 5.56 Å². The van der Waals surface area contributed by atoms with Crippen molar-refractivity contribution in [2.75, 3.05) is 0 Å². The summed E-state index contributed by atoms with van der Waals surface area (Å²) in [6.45, 7) is 5.27. The van der Waals surface area contributed by atoms with Gasteiger partial charge in [-0.15, -0.1) is 5.10 Å². The van der Waals surface area contributed by atoms with E-state index in [1.54, 1.807) is 10.6 Å². The molecule has 122 valence electrons. The first kappa shape index (κ1) is 16.0. The van der Waals surface area contributed by atoms with Crippen molar-refractivity contribution < 1.29 is 0 Å². The van der Waals surface area contributed by atoms with E-state index < -0.39 is 0 Å². The molecule has 6 heteroatoms. The maximum Gasteiger partial charge on any atom is 0.351 e. The lowest BCUT2D eigenvalue weighted by molar-refractivity contribution is 0.152. The second kappa shape index (κ2) is 6.69. The van der Waals surface area contributed by atoms with Crippen LogP contribution in [0.1, 0.15) is 25.0 Å². The number of fused-ring (bicyclic) bond motifs is 1. The Morgan fingerprint density at radius 3 is 2.58 bits per heavy atom. The average Bonchev–Trinajstić information content (AvgIpc) is 2.91. The van der Waals surface area contributed by atoms with E-state index >= 15 is 0 Å².